The summed E-state index contributed by atoms with van der Waals surface area (Å²) < 4.78 is 40.0. The highest BCUT2D eigenvalue weighted by atomic mass is 19.2. The molecule has 0 aliphatic heterocycles. The van der Waals surface area contributed by atoms with Crippen LogP contribution in [0.3, 0.4) is 0 Å². The van der Waals surface area contributed by atoms with Crippen molar-refractivity contribution in [1.82, 2.24) is 9.55 Å². The normalized spacial score (nSPS) is 10.8. The number of nitrogens with two attached hydrogens (primary N) is 1. The van der Waals surface area contributed by atoms with Crippen LogP contribution in [0.4, 0.5) is 19.1 Å². The summed E-state index contributed by atoms with van der Waals surface area (Å²) in [6, 6.07) is 1.71. The lowest BCUT2D eigenvalue weighted by Gasteiger charge is -2.05. The molecule has 0 aliphatic carbocycles. The second-order valence-corrected chi connectivity index (χ2v) is 3.33. The monoisotopic (exact) mass is 227 g/mol. The number of anilines is 1. The number of hydrogen-bond acceptors (Lipinski definition) is 2. The first-order valence-corrected chi connectivity index (χ1v) is 4.45. The van der Waals surface area contributed by atoms with Gasteiger partial charge in [0.25, 0.3) is 0 Å². The van der Waals surface area contributed by atoms with Gasteiger partial charge >= 0.3 is 0 Å². The molecule has 1 aromatic carbocycles. The lowest BCUT2D eigenvalue weighted by atomic mass is 10.3. The third kappa shape index (κ3) is 1.62. The van der Waals surface area contributed by atoms with E-state index in [-0.39, 0.29) is 11.6 Å². The Labute approximate surface area is 89.3 Å². The zero-order valence-corrected chi connectivity index (χ0v) is 8.34. The van der Waals surface area contributed by atoms with Crippen LogP contribution in [0.5, 0.6) is 0 Å². The van der Waals surface area contributed by atoms with Crippen molar-refractivity contribution in [2.24, 2.45) is 0 Å². The lowest BCUT2D eigenvalue weighted by Crippen LogP contribution is -2.02. The van der Waals surface area contributed by atoms with Crippen molar-refractivity contribution in [1.29, 1.82) is 0 Å². The minimum Gasteiger partial charge on any atom is -0.369 e. The third-order valence-electron chi connectivity index (χ3n) is 2.10. The molecule has 2 aromatic rings. The fraction of sp³-hybridized carbons (Fsp3) is 0.100. The fourth-order valence-corrected chi connectivity index (χ4v) is 1.40. The van der Waals surface area contributed by atoms with Crippen LogP contribution >= 0.6 is 0 Å². The number of rotatable bonds is 1. The van der Waals surface area contributed by atoms with Gasteiger partial charge in [0.05, 0.1) is 11.4 Å². The van der Waals surface area contributed by atoms with Gasteiger partial charge in [-0.2, -0.15) is 0 Å². The minimum atomic E-state index is -1.50. The second-order valence-electron chi connectivity index (χ2n) is 3.33. The van der Waals surface area contributed by atoms with Gasteiger partial charge in [-0.05, 0) is 6.92 Å². The smallest absolute Gasteiger partial charge is 0.205 e. The minimum absolute atomic E-state index is 0.0860. The highest BCUT2D eigenvalue weighted by Gasteiger charge is 2.13. The van der Waals surface area contributed by atoms with Crippen molar-refractivity contribution in [3.63, 3.8) is 0 Å². The van der Waals surface area contributed by atoms with Crippen LogP contribution in [0.2, 0.25) is 0 Å². The van der Waals surface area contributed by atoms with E-state index in [1.54, 1.807) is 6.92 Å². The Morgan fingerprint density at radius 2 is 1.75 bits per heavy atom. The van der Waals surface area contributed by atoms with Crippen LogP contribution in [-0.2, 0) is 0 Å². The molecule has 0 spiro atoms. The number of hydrogen-bond donors (Lipinski definition) is 1. The molecular weight excluding hydrogens is 219 g/mol. The van der Waals surface area contributed by atoms with Crippen molar-refractivity contribution < 1.29 is 13.2 Å². The van der Waals surface area contributed by atoms with Crippen LogP contribution in [0.1, 0.15) is 5.69 Å². The third-order valence-corrected chi connectivity index (χ3v) is 2.10. The molecule has 0 atom stereocenters. The SMILES string of the molecule is Cc1cn(-c2cc(F)c(F)c(F)c2)c(N)n1. The number of aromatic nitrogens is 2. The molecule has 0 radical (unpaired) electrons. The molecule has 0 unspecified atom stereocenters. The fourth-order valence-electron chi connectivity index (χ4n) is 1.40. The Hall–Kier alpha value is -1.98. The summed E-state index contributed by atoms with van der Waals surface area (Å²) in [7, 11) is 0. The molecule has 0 bridgehead atoms. The van der Waals surface area contributed by atoms with Gasteiger partial charge < -0.3 is 5.73 Å². The van der Waals surface area contributed by atoms with Crippen molar-refractivity contribution in [3.8, 4) is 5.69 Å². The van der Waals surface area contributed by atoms with Crippen molar-refractivity contribution in [2.75, 3.05) is 5.73 Å². The molecule has 0 saturated heterocycles. The molecule has 1 heterocycles. The Morgan fingerprint density at radius 1 is 1.19 bits per heavy atom. The summed E-state index contributed by atoms with van der Waals surface area (Å²) in [6.07, 6.45) is 1.50. The molecule has 0 aliphatic rings. The average molecular weight is 227 g/mol. The van der Waals surface area contributed by atoms with Gasteiger partial charge in [-0.15, -0.1) is 0 Å². The molecular formula is C10H8F3N3. The molecule has 1 aromatic heterocycles. The summed E-state index contributed by atoms with van der Waals surface area (Å²) >= 11 is 0. The number of nitrogen functional groups attached to an aromatic ring is 1. The summed E-state index contributed by atoms with van der Waals surface area (Å²) in [5.41, 5.74) is 6.22. The zero-order valence-electron chi connectivity index (χ0n) is 8.34. The number of benzene rings is 1. The molecule has 16 heavy (non-hydrogen) atoms. The molecule has 84 valence electrons. The van der Waals surface area contributed by atoms with E-state index in [0.29, 0.717) is 5.69 Å². The molecule has 6 heteroatoms. The maximum Gasteiger partial charge on any atom is 0.205 e. The van der Waals surface area contributed by atoms with Crippen molar-refractivity contribution in [2.45, 2.75) is 6.92 Å². The maximum atomic E-state index is 13.0. The Kier molecular flexibility index (Phi) is 2.34. The number of imidazole rings is 1. The van der Waals surface area contributed by atoms with Crippen LogP contribution in [0, 0.1) is 24.4 Å². The van der Waals surface area contributed by atoms with Gasteiger partial charge in [0.15, 0.2) is 17.5 Å². The molecule has 2 rings (SSSR count). The summed E-state index contributed by atoms with van der Waals surface area (Å²) in [5, 5.41) is 0. The summed E-state index contributed by atoms with van der Waals surface area (Å²) in [6.45, 7) is 1.68. The van der Waals surface area contributed by atoms with Crippen LogP contribution in [-0.4, -0.2) is 9.55 Å². The predicted molar refractivity (Wildman–Crippen MR) is 52.6 cm³/mol. The molecule has 0 saturated carbocycles. The lowest BCUT2D eigenvalue weighted by molar-refractivity contribution is 0.446. The van der Waals surface area contributed by atoms with Crippen molar-refractivity contribution >= 4 is 5.95 Å². The van der Waals surface area contributed by atoms with Gasteiger partial charge in [-0.25, -0.2) is 18.2 Å². The van der Waals surface area contributed by atoms with E-state index >= 15 is 0 Å². The second kappa shape index (κ2) is 3.55. The number of halogens is 3. The predicted octanol–water partition coefficient (Wildman–Crippen LogP) is 2.18. The molecule has 0 fully saturated rings. The van der Waals surface area contributed by atoms with Crippen LogP contribution in [0.25, 0.3) is 5.69 Å². The standard InChI is InChI=1S/C10H8F3N3/c1-5-4-16(10(14)15-5)6-2-7(11)9(13)8(12)3-6/h2-4H,1H3,(H2,14,15). The molecule has 2 N–H and O–H groups in total. The summed E-state index contributed by atoms with van der Waals surface area (Å²) in [4.78, 5) is 3.87. The van der Waals surface area contributed by atoms with Crippen LogP contribution < -0.4 is 5.73 Å². The van der Waals surface area contributed by atoms with Crippen LogP contribution in [0.15, 0.2) is 18.3 Å². The van der Waals surface area contributed by atoms with E-state index in [1.807, 2.05) is 0 Å². The van der Waals surface area contributed by atoms with E-state index < -0.39 is 17.5 Å². The van der Waals surface area contributed by atoms with Crippen molar-refractivity contribution in [3.05, 3.63) is 41.5 Å². The highest BCUT2D eigenvalue weighted by Crippen LogP contribution is 2.19. The van der Waals surface area contributed by atoms with Gasteiger partial charge in [-0.1, -0.05) is 0 Å². The molecule has 3 nitrogen and oxygen atoms in total. The Bertz CT molecular complexity index is 525. The van der Waals surface area contributed by atoms with Gasteiger partial charge in [0.1, 0.15) is 0 Å². The Balaban J connectivity index is 2.61. The quantitative estimate of drug-likeness (QED) is 0.759. The van der Waals surface area contributed by atoms with E-state index in [4.69, 9.17) is 5.73 Å². The Morgan fingerprint density at radius 3 is 2.19 bits per heavy atom. The highest BCUT2D eigenvalue weighted by molar-refractivity contribution is 5.41. The van der Waals surface area contributed by atoms with E-state index in [2.05, 4.69) is 4.98 Å². The van der Waals surface area contributed by atoms with Gasteiger partial charge in [-0.3, -0.25) is 4.57 Å². The largest absolute Gasteiger partial charge is 0.369 e. The van der Waals surface area contributed by atoms with E-state index in [1.165, 1.54) is 10.8 Å². The first kappa shape index (κ1) is 10.5. The zero-order chi connectivity index (χ0) is 11.9. The topological polar surface area (TPSA) is 43.8 Å². The number of aryl methyl sites for hydroxylation is 1. The van der Waals surface area contributed by atoms with E-state index in [0.717, 1.165) is 12.1 Å². The maximum absolute atomic E-state index is 13.0. The average Bonchev–Trinajstić information content (AvgIpc) is 2.53. The first-order chi connectivity index (χ1) is 7.49. The molecule has 0 amide bonds. The first-order valence-electron chi connectivity index (χ1n) is 4.45. The number of nitrogens with zero attached hydrogens (tertiary/aromatic N) is 2. The summed E-state index contributed by atoms with van der Waals surface area (Å²) in [5.74, 6) is -3.94. The van der Waals surface area contributed by atoms with Gasteiger partial charge in [0.2, 0.25) is 5.95 Å². The van der Waals surface area contributed by atoms with Gasteiger partial charge in [0, 0.05) is 18.3 Å². The van der Waals surface area contributed by atoms with E-state index in [9.17, 15) is 13.2 Å².